The number of nitrogens with zero attached hydrogens (tertiary/aromatic N) is 6. The molecule has 0 unspecified atom stereocenters. The van der Waals surface area contributed by atoms with Gasteiger partial charge in [-0.05, 0) is 43.1 Å². The van der Waals surface area contributed by atoms with Gasteiger partial charge in [-0.3, -0.25) is 0 Å². The van der Waals surface area contributed by atoms with Crippen molar-refractivity contribution in [3.05, 3.63) is 52.1 Å². The Kier molecular flexibility index (Phi) is 7.33. The molecule has 3 aliphatic rings. The fraction of sp³-hybridized carbons (Fsp3) is 0.581. The van der Waals surface area contributed by atoms with Crippen molar-refractivity contribution >= 4 is 17.1 Å². The van der Waals surface area contributed by atoms with Crippen LogP contribution in [0.5, 0.6) is 0 Å². The monoisotopic (exact) mass is 557 g/mol. The number of fused-ring (bicyclic) bond motifs is 1. The molecule has 7 rings (SSSR count). The molecule has 0 bridgehead atoms. The summed E-state index contributed by atoms with van der Waals surface area (Å²) in [5, 5.41) is 6.42. The Bertz CT molecular complexity index is 1530. The number of hydrogen-bond acceptors (Lipinski definition) is 8. The molecule has 216 valence electrons. The van der Waals surface area contributed by atoms with Gasteiger partial charge < -0.3 is 18.6 Å². The molecule has 3 aromatic heterocycles. The van der Waals surface area contributed by atoms with Gasteiger partial charge in [-0.1, -0.05) is 69.4 Å². The van der Waals surface area contributed by atoms with Gasteiger partial charge in [0.15, 0.2) is 5.65 Å². The molecule has 0 spiro atoms. The highest BCUT2D eigenvalue weighted by molar-refractivity contribution is 5.80. The van der Waals surface area contributed by atoms with Crippen LogP contribution in [0.25, 0.3) is 22.9 Å². The number of benzene rings is 1. The van der Waals surface area contributed by atoms with Crippen molar-refractivity contribution in [2.75, 3.05) is 24.7 Å². The molecule has 1 atom stereocenters. The van der Waals surface area contributed by atoms with Crippen LogP contribution >= 0.6 is 0 Å². The van der Waals surface area contributed by atoms with Crippen LogP contribution in [0.2, 0.25) is 0 Å². The van der Waals surface area contributed by atoms with Crippen molar-refractivity contribution in [1.29, 1.82) is 0 Å². The van der Waals surface area contributed by atoms with Crippen LogP contribution in [-0.2, 0) is 11.3 Å². The second kappa shape index (κ2) is 11.4. The highest BCUT2D eigenvalue weighted by Crippen LogP contribution is 2.40. The van der Waals surface area contributed by atoms with Gasteiger partial charge in [0.25, 0.3) is 5.89 Å². The lowest BCUT2D eigenvalue weighted by molar-refractivity contribution is 0.0927. The van der Waals surface area contributed by atoms with Crippen LogP contribution in [0.15, 0.2) is 39.5 Å². The molecule has 4 heterocycles. The predicted molar refractivity (Wildman–Crippen MR) is 156 cm³/mol. The first-order valence-corrected chi connectivity index (χ1v) is 15.4. The maximum Gasteiger partial charge on any atom is 0.434 e. The lowest BCUT2D eigenvalue weighted by atomic mass is 9.83. The summed E-state index contributed by atoms with van der Waals surface area (Å²) in [5.41, 5.74) is 3.92. The molecule has 2 aliphatic carbocycles. The van der Waals surface area contributed by atoms with E-state index in [-0.39, 0.29) is 11.9 Å². The molecular weight excluding hydrogens is 518 g/mol. The maximum absolute atomic E-state index is 11.8. The van der Waals surface area contributed by atoms with E-state index in [2.05, 4.69) is 56.9 Å². The van der Waals surface area contributed by atoms with E-state index in [9.17, 15) is 4.79 Å². The van der Waals surface area contributed by atoms with Gasteiger partial charge in [0, 0.05) is 19.0 Å². The summed E-state index contributed by atoms with van der Waals surface area (Å²) < 4.78 is 13.7. The molecule has 3 fully saturated rings. The molecule has 1 N–H and O–H groups in total. The van der Waals surface area contributed by atoms with Gasteiger partial charge in [-0.15, -0.1) is 5.10 Å². The molecule has 1 aliphatic heterocycles. The highest BCUT2D eigenvalue weighted by atomic mass is 16.5. The van der Waals surface area contributed by atoms with E-state index in [1.807, 2.05) is 0 Å². The fourth-order valence-electron chi connectivity index (χ4n) is 7.09. The third kappa shape index (κ3) is 5.29. The zero-order chi connectivity index (χ0) is 27.8. The first-order chi connectivity index (χ1) is 20.1. The minimum Gasteiger partial charge on any atom is -0.384 e. The number of nitrogens with one attached hydrogen (secondary N) is 1. The minimum absolute atomic E-state index is 0.0572. The van der Waals surface area contributed by atoms with Crippen molar-refractivity contribution in [3.8, 4) is 11.7 Å². The van der Waals surface area contributed by atoms with E-state index in [0.29, 0.717) is 36.5 Å². The molecule has 1 aromatic carbocycles. The summed E-state index contributed by atoms with van der Waals surface area (Å²) in [6, 6.07) is 10.6. The first kappa shape index (κ1) is 26.4. The third-order valence-corrected chi connectivity index (χ3v) is 9.38. The summed E-state index contributed by atoms with van der Waals surface area (Å²) in [4.78, 5) is 29.4. The molecule has 4 aromatic rings. The number of imidazole rings is 1. The highest BCUT2D eigenvalue weighted by Gasteiger charge is 2.33. The molecule has 0 amide bonds. The topological polar surface area (TPSA) is 115 Å². The van der Waals surface area contributed by atoms with Crippen LogP contribution in [0.4, 0.5) is 5.95 Å². The lowest BCUT2D eigenvalue weighted by Crippen LogP contribution is -2.41. The average molecular weight is 558 g/mol. The Morgan fingerprint density at radius 2 is 1.78 bits per heavy atom. The molecule has 10 nitrogen and oxygen atoms in total. The van der Waals surface area contributed by atoms with Gasteiger partial charge in [0.1, 0.15) is 5.52 Å². The number of H-pyrrole nitrogens is 1. The SMILES string of the molecule is CC1CCC(Cn2c(N3CCOC[C@H]3c3ccccc3)nc3nc(-c4n[nH]c(=O)o4)nc(C4CCCCC4)c32)CC1. The maximum atomic E-state index is 11.8. The molecule has 10 heteroatoms. The van der Waals surface area contributed by atoms with E-state index < -0.39 is 5.76 Å². The van der Waals surface area contributed by atoms with Crippen LogP contribution in [-0.4, -0.2) is 49.5 Å². The normalized spacial score (nSPS) is 24.2. The van der Waals surface area contributed by atoms with Gasteiger partial charge >= 0.3 is 5.76 Å². The van der Waals surface area contributed by atoms with Crippen molar-refractivity contribution < 1.29 is 9.15 Å². The molecule has 2 saturated carbocycles. The van der Waals surface area contributed by atoms with Gasteiger partial charge in [0.05, 0.1) is 24.9 Å². The first-order valence-electron chi connectivity index (χ1n) is 15.4. The molecular formula is C31H39N7O3. The quantitative estimate of drug-likeness (QED) is 0.325. The summed E-state index contributed by atoms with van der Waals surface area (Å²) in [6.07, 6.45) is 10.8. The zero-order valence-corrected chi connectivity index (χ0v) is 23.8. The summed E-state index contributed by atoms with van der Waals surface area (Å²) in [5.74, 6) is 2.44. The number of hydrogen-bond donors (Lipinski definition) is 1. The number of morpholine rings is 1. The Labute approximate surface area is 239 Å². The number of aromatic amines is 1. The number of aromatic nitrogens is 6. The van der Waals surface area contributed by atoms with E-state index in [4.69, 9.17) is 24.1 Å². The third-order valence-electron chi connectivity index (χ3n) is 9.38. The smallest absolute Gasteiger partial charge is 0.384 e. The van der Waals surface area contributed by atoms with E-state index in [0.717, 1.165) is 49.0 Å². The second-order valence-corrected chi connectivity index (χ2v) is 12.2. The minimum atomic E-state index is -0.611. The van der Waals surface area contributed by atoms with Crippen LogP contribution in [0, 0.1) is 11.8 Å². The van der Waals surface area contributed by atoms with Crippen molar-refractivity contribution in [1.82, 2.24) is 29.7 Å². The van der Waals surface area contributed by atoms with E-state index in [1.54, 1.807) is 0 Å². The zero-order valence-electron chi connectivity index (χ0n) is 23.8. The van der Waals surface area contributed by atoms with Crippen LogP contribution in [0.1, 0.15) is 87.9 Å². The summed E-state index contributed by atoms with van der Waals surface area (Å²) in [6.45, 7) is 5.28. The Balaban J connectivity index is 1.41. The number of ether oxygens (including phenoxy) is 1. The standard InChI is InChI=1S/C31H39N7O3/c1-20-12-14-21(15-13-20)18-38-26-25(23-10-6-3-7-11-23)32-28(29-35-36-31(39)41-29)33-27(26)34-30(38)37-16-17-40-19-24(37)22-8-4-2-5-9-22/h2,4-5,8-9,20-21,23-24H,3,6-7,10-19H2,1H3,(H,36,39)/t20?,21?,24-/m0/s1. The lowest BCUT2D eigenvalue weighted by Gasteiger charge is -2.37. The van der Waals surface area contributed by atoms with E-state index >= 15 is 0 Å². The van der Waals surface area contributed by atoms with Crippen molar-refractivity contribution in [2.24, 2.45) is 11.8 Å². The summed E-state index contributed by atoms with van der Waals surface area (Å²) >= 11 is 0. The number of rotatable bonds is 6. The Hall–Kier alpha value is -3.53. The van der Waals surface area contributed by atoms with Crippen molar-refractivity contribution in [3.63, 3.8) is 0 Å². The fourth-order valence-corrected chi connectivity index (χ4v) is 7.09. The van der Waals surface area contributed by atoms with E-state index in [1.165, 1.54) is 50.5 Å². The molecule has 41 heavy (non-hydrogen) atoms. The van der Waals surface area contributed by atoms with Gasteiger partial charge in [-0.25, -0.2) is 19.9 Å². The predicted octanol–water partition coefficient (Wildman–Crippen LogP) is 5.62. The van der Waals surface area contributed by atoms with Crippen molar-refractivity contribution in [2.45, 2.75) is 83.2 Å². The molecule has 0 radical (unpaired) electrons. The average Bonchev–Trinajstić information content (AvgIpc) is 3.62. The molecule has 1 saturated heterocycles. The summed E-state index contributed by atoms with van der Waals surface area (Å²) in [7, 11) is 0. The Morgan fingerprint density at radius 1 is 0.976 bits per heavy atom. The second-order valence-electron chi connectivity index (χ2n) is 12.2. The van der Waals surface area contributed by atoms with Crippen LogP contribution < -0.4 is 10.7 Å². The van der Waals surface area contributed by atoms with Gasteiger partial charge in [0.2, 0.25) is 11.8 Å². The van der Waals surface area contributed by atoms with Gasteiger partial charge in [-0.2, -0.15) is 4.98 Å². The largest absolute Gasteiger partial charge is 0.434 e. The Morgan fingerprint density at radius 3 is 2.54 bits per heavy atom. The van der Waals surface area contributed by atoms with Crippen LogP contribution in [0.3, 0.4) is 0 Å². The number of anilines is 1.